The van der Waals surface area contributed by atoms with E-state index in [0.717, 1.165) is 28.9 Å². The Morgan fingerprint density at radius 3 is 2.57 bits per heavy atom. The standard InChI is InChI=1S/C21H25N7O2/c1-4-15-13(3)27-30-19(15)16-10-25-21(28-7-5-14(6-8-28)20(22)29)26-18(16)17-11-23-12(2)9-24-17/h9-11,14H,4-8H2,1-3H3,(H2,22,29). The average Bonchev–Trinajstić information content (AvgIpc) is 3.14. The molecule has 1 saturated heterocycles. The summed E-state index contributed by atoms with van der Waals surface area (Å²) < 4.78 is 5.64. The van der Waals surface area contributed by atoms with E-state index >= 15 is 0 Å². The van der Waals surface area contributed by atoms with E-state index in [0.29, 0.717) is 49.0 Å². The summed E-state index contributed by atoms with van der Waals surface area (Å²) in [5.74, 6) is 0.918. The molecular formula is C21H25N7O2. The molecule has 1 aliphatic rings. The maximum Gasteiger partial charge on any atom is 0.225 e. The van der Waals surface area contributed by atoms with Crippen molar-refractivity contribution >= 4 is 11.9 Å². The highest BCUT2D eigenvalue weighted by Gasteiger charge is 2.26. The van der Waals surface area contributed by atoms with Gasteiger partial charge in [0.2, 0.25) is 11.9 Å². The molecular weight excluding hydrogens is 382 g/mol. The number of hydrogen-bond acceptors (Lipinski definition) is 8. The number of carbonyl (C=O) groups is 1. The van der Waals surface area contributed by atoms with Crippen LogP contribution in [0.4, 0.5) is 5.95 Å². The van der Waals surface area contributed by atoms with Crippen LogP contribution in [0.3, 0.4) is 0 Å². The predicted octanol–water partition coefficient (Wildman–Crippen LogP) is 2.47. The number of nitrogens with zero attached hydrogens (tertiary/aromatic N) is 6. The summed E-state index contributed by atoms with van der Waals surface area (Å²) in [6, 6.07) is 0. The Morgan fingerprint density at radius 2 is 1.93 bits per heavy atom. The van der Waals surface area contributed by atoms with Gasteiger partial charge in [-0.05, 0) is 33.1 Å². The van der Waals surface area contributed by atoms with E-state index in [1.165, 1.54) is 0 Å². The SMILES string of the molecule is CCc1c(C)noc1-c1cnc(N2CCC(C(N)=O)CC2)nc1-c1cnc(C)cn1. The van der Waals surface area contributed by atoms with Gasteiger partial charge in [0.15, 0.2) is 5.76 Å². The van der Waals surface area contributed by atoms with Crippen molar-refractivity contribution in [1.29, 1.82) is 0 Å². The second kappa shape index (κ2) is 8.17. The van der Waals surface area contributed by atoms with Gasteiger partial charge < -0.3 is 15.2 Å². The summed E-state index contributed by atoms with van der Waals surface area (Å²) in [5, 5.41) is 4.13. The molecule has 0 bridgehead atoms. The fraction of sp³-hybridized carbons (Fsp3) is 0.429. The first-order valence-corrected chi connectivity index (χ1v) is 10.1. The van der Waals surface area contributed by atoms with Gasteiger partial charge in [0.25, 0.3) is 0 Å². The van der Waals surface area contributed by atoms with Crippen molar-refractivity contribution in [1.82, 2.24) is 25.1 Å². The predicted molar refractivity (Wildman–Crippen MR) is 112 cm³/mol. The summed E-state index contributed by atoms with van der Waals surface area (Å²) in [6.07, 6.45) is 7.36. The van der Waals surface area contributed by atoms with Crippen molar-refractivity contribution in [2.75, 3.05) is 18.0 Å². The number of nitrogens with two attached hydrogens (primary N) is 1. The van der Waals surface area contributed by atoms with Crippen LogP contribution in [0.15, 0.2) is 23.1 Å². The minimum absolute atomic E-state index is 0.0905. The zero-order valence-electron chi connectivity index (χ0n) is 17.4. The third kappa shape index (κ3) is 3.74. The molecule has 0 atom stereocenters. The van der Waals surface area contributed by atoms with E-state index < -0.39 is 0 Å². The van der Waals surface area contributed by atoms with Gasteiger partial charge in [-0.15, -0.1) is 0 Å². The summed E-state index contributed by atoms with van der Waals surface area (Å²) in [4.78, 5) is 31.9. The third-order valence-electron chi connectivity index (χ3n) is 5.56. The lowest BCUT2D eigenvalue weighted by Gasteiger charge is -2.30. The Kier molecular flexibility index (Phi) is 5.43. The Hall–Kier alpha value is -3.36. The van der Waals surface area contributed by atoms with Crippen LogP contribution in [0, 0.1) is 19.8 Å². The van der Waals surface area contributed by atoms with Gasteiger partial charge >= 0.3 is 0 Å². The van der Waals surface area contributed by atoms with Crippen LogP contribution in [-0.4, -0.2) is 44.1 Å². The minimum atomic E-state index is -0.241. The Bertz CT molecular complexity index is 1050. The van der Waals surface area contributed by atoms with E-state index in [1.54, 1.807) is 18.6 Å². The molecule has 3 aromatic rings. The summed E-state index contributed by atoms with van der Waals surface area (Å²) in [5.41, 5.74) is 10.2. The lowest BCUT2D eigenvalue weighted by Crippen LogP contribution is -2.39. The van der Waals surface area contributed by atoms with Crippen LogP contribution in [0.1, 0.15) is 36.7 Å². The fourth-order valence-corrected chi connectivity index (χ4v) is 3.78. The summed E-state index contributed by atoms with van der Waals surface area (Å²) >= 11 is 0. The number of hydrogen-bond donors (Lipinski definition) is 1. The number of rotatable bonds is 5. The van der Waals surface area contributed by atoms with Gasteiger partial charge in [0, 0.05) is 37.0 Å². The lowest BCUT2D eigenvalue weighted by molar-refractivity contribution is -0.122. The van der Waals surface area contributed by atoms with Crippen LogP contribution >= 0.6 is 0 Å². The van der Waals surface area contributed by atoms with Gasteiger partial charge in [-0.1, -0.05) is 12.1 Å². The first-order chi connectivity index (χ1) is 14.5. The number of piperidine rings is 1. The molecule has 4 rings (SSSR count). The fourth-order valence-electron chi connectivity index (χ4n) is 3.78. The number of aromatic nitrogens is 5. The van der Waals surface area contributed by atoms with Crippen molar-refractivity contribution in [2.24, 2.45) is 11.7 Å². The Morgan fingerprint density at radius 1 is 1.17 bits per heavy atom. The van der Waals surface area contributed by atoms with Crippen molar-refractivity contribution in [3.05, 3.63) is 35.5 Å². The number of aryl methyl sites for hydroxylation is 2. The second-order valence-corrected chi connectivity index (χ2v) is 7.57. The van der Waals surface area contributed by atoms with Crippen molar-refractivity contribution in [3.63, 3.8) is 0 Å². The first kappa shape index (κ1) is 19.9. The molecule has 0 aromatic carbocycles. The molecule has 0 radical (unpaired) electrons. The normalized spacial score (nSPS) is 14.8. The lowest BCUT2D eigenvalue weighted by atomic mass is 9.96. The molecule has 156 valence electrons. The summed E-state index contributed by atoms with van der Waals surface area (Å²) in [6.45, 7) is 7.23. The smallest absolute Gasteiger partial charge is 0.225 e. The monoisotopic (exact) mass is 407 g/mol. The molecule has 1 fully saturated rings. The Labute approximate surface area is 174 Å². The van der Waals surface area contributed by atoms with Crippen LogP contribution in [-0.2, 0) is 11.2 Å². The van der Waals surface area contributed by atoms with Crippen LogP contribution in [0.5, 0.6) is 0 Å². The molecule has 1 amide bonds. The molecule has 0 aliphatic carbocycles. The maximum atomic E-state index is 11.5. The van der Waals surface area contributed by atoms with Crippen molar-refractivity contribution in [3.8, 4) is 22.7 Å². The minimum Gasteiger partial charge on any atom is -0.369 e. The quantitative estimate of drug-likeness (QED) is 0.684. The van der Waals surface area contributed by atoms with E-state index in [2.05, 4.69) is 31.9 Å². The van der Waals surface area contributed by atoms with Crippen molar-refractivity contribution in [2.45, 2.75) is 40.0 Å². The zero-order chi connectivity index (χ0) is 21.3. The highest BCUT2D eigenvalue weighted by molar-refractivity contribution is 5.78. The van der Waals surface area contributed by atoms with E-state index in [9.17, 15) is 4.79 Å². The molecule has 1 aliphatic heterocycles. The zero-order valence-corrected chi connectivity index (χ0v) is 17.4. The second-order valence-electron chi connectivity index (χ2n) is 7.57. The Balaban J connectivity index is 1.76. The number of primary amides is 1. The summed E-state index contributed by atoms with van der Waals surface area (Å²) in [7, 11) is 0. The van der Waals surface area contributed by atoms with Gasteiger partial charge in [0.1, 0.15) is 11.4 Å². The topological polar surface area (TPSA) is 124 Å². The first-order valence-electron chi connectivity index (χ1n) is 10.1. The molecule has 9 heteroatoms. The largest absolute Gasteiger partial charge is 0.369 e. The number of anilines is 1. The van der Waals surface area contributed by atoms with Crippen LogP contribution < -0.4 is 10.6 Å². The molecule has 2 N–H and O–H groups in total. The number of carbonyl (C=O) groups excluding carboxylic acids is 1. The van der Waals surface area contributed by atoms with Crippen molar-refractivity contribution < 1.29 is 9.32 Å². The van der Waals surface area contributed by atoms with Gasteiger partial charge in [-0.25, -0.2) is 9.97 Å². The van der Waals surface area contributed by atoms with E-state index in [1.807, 2.05) is 13.8 Å². The highest BCUT2D eigenvalue weighted by atomic mass is 16.5. The van der Waals surface area contributed by atoms with Gasteiger partial charge in [0.05, 0.1) is 23.1 Å². The molecule has 0 unspecified atom stereocenters. The highest BCUT2D eigenvalue weighted by Crippen LogP contribution is 2.34. The average molecular weight is 407 g/mol. The van der Waals surface area contributed by atoms with Gasteiger partial charge in [-0.2, -0.15) is 0 Å². The molecule has 0 spiro atoms. The molecule has 9 nitrogen and oxygen atoms in total. The molecule has 30 heavy (non-hydrogen) atoms. The van der Waals surface area contributed by atoms with Crippen LogP contribution in [0.2, 0.25) is 0 Å². The molecule has 0 saturated carbocycles. The third-order valence-corrected chi connectivity index (χ3v) is 5.56. The molecule has 4 heterocycles. The molecule has 3 aromatic heterocycles. The number of amides is 1. The van der Waals surface area contributed by atoms with Gasteiger partial charge in [-0.3, -0.25) is 14.8 Å². The van der Waals surface area contributed by atoms with Crippen LogP contribution in [0.25, 0.3) is 22.7 Å². The van der Waals surface area contributed by atoms with E-state index in [-0.39, 0.29) is 11.8 Å². The maximum absolute atomic E-state index is 11.5. The van der Waals surface area contributed by atoms with E-state index in [4.69, 9.17) is 15.2 Å².